The fraction of sp³-hybridized carbons (Fsp3) is 0.550. The van der Waals surface area contributed by atoms with Gasteiger partial charge in [0.15, 0.2) is 11.5 Å². The lowest BCUT2D eigenvalue weighted by atomic mass is 9.80. The van der Waals surface area contributed by atoms with Crippen molar-refractivity contribution in [2.24, 2.45) is 5.92 Å². The average Bonchev–Trinajstić information content (AvgIpc) is 3.55. The zero-order valence-electron chi connectivity index (χ0n) is 37.3. The summed E-state index contributed by atoms with van der Waals surface area (Å²) in [5, 5.41) is 4.87. The molecule has 0 amide bonds. The van der Waals surface area contributed by atoms with Crippen molar-refractivity contribution in [2.45, 2.75) is 109 Å². The number of aromatic nitrogens is 4. The summed E-state index contributed by atoms with van der Waals surface area (Å²) >= 11 is 3.99. The Morgan fingerprint density at radius 3 is 2.08 bits per heavy atom. The highest BCUT2D eigenvalue weighted by Gasteiger charge is 2.34. The molecule has 52 heavy (non-hydrogen) atoms. The third-order valence-electron chi connectivity index (χ3n) is 9.06. The quantitative estimate of drug-likeness (QED) is 0.0507. The highest BCUT2D eigenvalue weighted by molar-refractivity contribution is 9.10. The van der Waals surface area contributed by atoms with Crippen LogP contribution in [-0.4, -0.2) is 74.0 Å². The first-order chi connectivity index (χ1) is 26.6. The molecule has 0 saturated heterocycles. The van der Waals surface area contributed by atoms with Crippen LogP contribution in [0.4, 0.5) is 5.82 Å². The smallest absolute Gasteiger partial charge is 0.309 e. The van der Waals surface area contributed by atoms with Crippen LogP contribution in [-0.2, 0) is 19.0 Å². The van der Waals surface area contributed by atoms with Crippen LogP contribution in [0.2, 0.25) is 51.4 Å². The standard InChI is InChI=1S/C40H58BrN5O4Si2/c1-40(2,3)50-39(47)31-17-15-30(16-18-31)36-35(41)38(45(27-48-21-23-51(4,5)6)28-49-22-24-52(7,8)9)46-37(44-36)33(26-43-46)32-19-20-34(42-25-32)29-13-11-10-12-14-29/h10-14,19-20,25-26,30-31H,15-18,21-24,27-28H2,1-9H3/i10D,11D,12D,13D,14D. The summed E-state index contributed by atoms with van der Waals surface area (Å²) in [6, 6.07) is 3.64. The molecule has 3 heterocycles. The minimum atomic E-state index is -1.34. The van der Waals surface area contributed by atoms with Gasteiger partial charge in [-0.1, -0.05) is 75.6 Å². The molecular formula is C40H58BrN5O4Si2. The van der Waals surface area contributed by atoms with Crippen molar-refractivity contribution >= 4 is 49.5 Å². The van der Waals surface area contributed by atoms with E-state index in [1.807, 2.05) is 31.4 Å². The van der Waals surface area contributed by atoms with Crippen LogP contribution in [0.5, 0.6) is 0 Å². The Hall–Kier alpha value is -2.91. The third-order valence-corrected chi connectivity index (χ3v) is 13.2. The van der Waals surface area contributed by atoms with E-state index >= 15 is 0 Å². The minimum Gasteiger partial charge on any atom is -0.460 e. The van der Waals surface area contributed by atoms with E-state index in [0.717, 1.165) is 40.9 Å². The second kappa shape index (κ2) is 17.1. The molecule has 0 radical (unpaired) electrons. The first-order valence-corrected chi connectivity index (χ1v) is 26.5. The Bertz CT molecular complexity index is 2010. The monoisotopic (exact) mass is 812 g/mol. The molecule has 1 aliphatic rings. The first-order valence-electron chi connectivity index (χ1n) is 20.8. The molecule has 0 atom stereocenters. The zero-order chi connectivity index (χ0) is 42.0. The van der Waals surface area contributed by atoms with Crippen LogP contribution >= 0.6 is 15.9 Å². The first kappa shape index (κ1) is 33.6. The number of hydrogen-bond donors (Lipinski definition) is 0. The van der Waals surface area contributed by atoms with Crippen molar-refractivity contribution in [3.63, 3.8) is 0 Å². The van der Waals surface area contributed by atoms with Crippen molar-refractivity contribution in [3.05, 3.63) is 64.9 Å². The van der Waals surface area contributed by atoms with E-state index in [9.17, 15) is 4.79 Å². The van der Waals surface area contributed by atoms with E-state index < -0.39 is 39.9 Å². The highest BCUT2D eigenvalue weighted by atomic mass is 79.9. The molecule has 1 saturated carbocycles. The van der Waals surface area contributed by atoms with E-state index in [4.69, 9.17) is 31.1 Å². The van der Waals surface area contributed by atoms with Gasteiger partial charge in [0.25, 0.3) is 0 Å². The average molecular weight is 814 g/mol. The zero-order valence-corrected chi connectivity index (χ0v) is 35.9. The Morgan fingerprint density at radius 1 is 0.923 bits per heavy atom. The second-order valence-electron chi connectivity index (χ2n) is 17.2. The number of carbonyl (C=O) groups is 1. The lowest BCUT2D eigenvalue weighted by Gasteiger charge is -2.32. The maximum Gasteiger partial charge on any atom is 0.309 e. The predicted octanol–water partition coefficient (Wildman–Crippen LogP) is 10.3. The number of hydrogen-bond acceptors (Lipinski definition) is 8. The maximum atomic E-state index is 13.0. The summed E-state index contributed by atoms with van der Waals surface area (Å²) in [5.74, 6) is 0.479. The topological polar surface area (TPSA) is 91.1 Å². The molecule has 282 valence electrons. The van der Waals surface area contributed by atoms with Gasteiger partial charge in [0.2, 0.25) is 0 Å². The van der Waals surface area contributed by atoms with E-state index in [-0.39, 0.29) is 54.6 Å². The normalized spacial score (nSPS) is 18.4. The SMILES string of the molecule is [2H]c1c([2H])c([2H])c(-c2ccc(-c3cnn4c(N(COCC[Si](C)(C)C)COCC[Si](C)(C)C)c(Br)c(C5CCC(C(=O)OC(C)(C)C)CC5)nc34)cn2)c([2H])c1[2H]. The number of carbonyl (C=O) groups excluding carboxylic acids is 1. The Balaban J connectivity index is 1.58. The van der Waals surface area contributed by atoms with Gasteiger partial charge in [0, 0.05) is 58.2 Å². The molecular weight excluding hydrogens is 751 g/mol. The van der Waals surface area contributed by atoms with Gasteiger partial charge in [-0.15, -0.1) is 0 Å². The van der Waals surface area contributed by atoms with Crippen LogP contribution in [0.15, 0.2) is 59.2 Å². The largest absolute Gasteiger partial charge is 0.460 e. The fourth-order valence-corrected chi connectivity index (χ4v) is 8.40. The molecule has 0 bridgehead atoms. The minimum absolute atomic E-state index is 0.0416. The number of anilines is 1. The van der Waals surface area contributed by atoms with Crippen molar-refractivity contribution in [2.75, 3.05) is 31.6 Å². The molecule has 0 N–H and O–H groups in total. The number of nitrogens with zero attached hydrogens (tertiary/aromatic N) is 5. The van der Waals surface area contributed by atoms with Crippen molar-refractivity contribution in [1.82, 2.24) is 19.6 Å². The Morgan fingerprint density at radius 2 is 1.54 bits per heavy atom. The van der Waals surface area contributed by atoms with Crippen molar-refractivity contribution in [3.8, 4) is 22.4 Å². The van der Waals surface area contributed by atoms with Gasteiger partial charge in [-0.2, -0.15) is 9.61 Å². The lowest BCUT2D eigenvalue weighted by Crippen LogP contribution is -2.34. The number of benzene rings is 1. The van der Waals surface area contributed by atoms with Gasteiger partial charge in [0.1, 0.15) is 19.1 Å². The lowest BCUT2D eigenvalue weighted by molar-refractivity contribution is -0.161. The van der Waals surface area contributed by atoms with Crippen LogP contribution in [0, 0.1) is 5.92 Å². The second-order valence-corrected chi connectivity index (χ2v) is 29.2. The molecule has 5 rings (SSSR count). The van der Waals surface area contributed by atoms with Crippen LogP contribution in [0.1, 0.15) is 64.9 Å². The van der Waals surface area contributed by atoms with E-state index in [2.05, 4.69) is 65.1 Å². The summed E-state index contributed by atoms with van der Waals surface area (Å²) in [6.45, 7) is 21.5. The van der Waals surface area contributed by atoms with E-state index in [1.54, 1.807) is 18.5 Å². The summed E-state index contributed by atoms with van der Waals surface area (Å²) in [5.41, 5.74) is 2.64. The van der Waals surface area contributed by atoms with Gasteiger partial charge >= 0.3 is 5.97 Å². The molecule has 0 spiro atoms. The Kier molecular flexibility index (Phi) is 11.0. The van der Waals surface area contributed by atoms with E-state index in [0.29, 0.717) is 42.8 Å². The maximum absolute atomic E-state index is 13.0. The van der Waals surface area contributed by atoms with Crippen LogP contribution in [0.25, 0.3) is 28.0 Å². The van der Waals surface area contributed by atoms with Gasteiger partial charge in [-0.25, -0.2) is 4.98 Å². The molecule has 1 fully saturated rings. The molecule has 1 aromatic carbocycles. The molecule has 0 aliphatic heterocycles. The highest BCUT2D eigenvalue weighted by Crippen LogP contribution is 2.43. The molecule has 12 heteroatoms. The molecule has 0 unspecified atom stereocenters. The summed E-state index contributed by atoms with van der Waals surface area (Å²) < 4.78 is 62.2. The molecule has 9 nitrogen and oxygen atoms in total. The Labute approximate surface area is 328 Å². The van der Waals surface area contributed by atoms with Gasteiger partial charge in [-0.3, -0.25) is 9.78 Å². The van der Waals surface area contributed by atoms with Crippen LogP contribution < -0.4 is 4.90 Å². The van der Waals surface area contributed by atoms with Gasteiger partial charge < -0.3 is 19.1 Å². The summed E-state index contributed by atoms with van der Waals surface area (Å²) in [4.78, 5) is 25.0. The number of ether oxygens (including phenoxy) is 3. The molecule has 4 aromatic rings. The number of rotatable bonds is 15. The summed E-state index contributed by atoms with van der Waals surface area (Å²) in [7, 11) is -2.68. The number of halogens is 1. The molecule has 1 aliphatic carbocycles. The number of esters is 1. The molecule has 3 aromatic heterocycles. The third kappa shape index (κ3) is 11.1. The predicted molar refractivity (Wildman–Crippen MR) is 220 cm³/mol. The number of fused-ring (bicyclic) bond motifs is 1. The van der Waals surface area contributed by atoms with Gasteiger partial charge in [-0.05, 0) is 80.5 Å². The van der Waals surface area contributed by atoms with Crippen molar-refractivity contribution in [1.29, 1.82) is 0 Å². The fourth-order valence-electron chi connectivity index (χ4n) is 6.05. The van der Waals surface area contributed by atoms with Crippen molar-refractivity contribution < 1.29 is 25.9 Å². The number of pyridine rings is 1. The summed E-state index contributed by atoms with van der Waals surface area (Å²) in [6.07, 6.45) is 6.25. The van der Waals surface area contributed by atoms with Crippen LogP contribution in [0.3, 0.4) is 0 Å². The van der Waals surface area contributed by atoms with E-state index in [1.165, 1.54) is 0 Å². The van der Waals surface area contributed by atoms with Gasteiger partial charge in [0.05, 0.1) is 34.8 Å².